The quantitative estimate of drug-likeness (QED) is 0.813. The van der Waals surface area contributed by atoms with E-state index in [4.69, 9.17) is 18.0 Å². The van der Waals surface area contributed by atoms with E-state index in [1.165, 1.54) is 0 Å². The van der Waals surface area contributed by atoms with Crippen LogP contribution in [-0.2, 0) is 11.3 Å². The molecule has 1 fully saturated rings. The van der Waals surface area contributed by atoms with E-state index in [0.29, 0.717) is 11.5 Å². The Morgan fingerprint density at radius 1 is 1.71 bits per heavy atom. The summed E-state index contributed by atoms with van der Waals surface area (Å²) < 4.78 is 0. The summed E-state index contributed by atoms with van der Waals surface area (Å²) in [5.74, 6) is -0.0395. The van der Waals surface area contributed by atoms with E-state index in [1.54, 1.807) is 17.5 Å². The van der Waals surface area contributed by atoms with Gasteiger partial charge in [-0.3, -0.25) is 4.79 Å². The minimum atomic E-state index is -0.588. The SMILES string of the molecule is Cc1ncc(CNC(=O)C2(C(N)=S)CCC2)s1. The number of thiazole rings is 1. The van der Waals surface area contributed by atoms with Crippen LogP contribution in [-0.4, -0.2) is 15.9 Å². The highest BCUT2D eigenvalue weighted by Gasteiger charge is 2.46. The lowest BCUT2D eigenvalue weighted by molar-refractivity contribution is -0.130. The Labute approximate surface area is 110 Å². The first-order valence-electron chi connectivity index (χ1n) is 5.54. The van der Waals surface area contributed by atoms with Gasteiger partial charge >= 0.3 is 0 Å². The van der Waals surface area contributed by atoms with Crippen molar-refractivity contribution in [3.63, 3.8) is 0 Å². The molecule has 0 atom stereocenters. The van der Waals surface area contributed by atoms with Crippen LogP contribution in [0.5, 0.6) is 0 Å². The van der Waals surface area contributed by atoms with Gasteiger partial charge in [-0.2, -0.15) is 0 Å². The Hall–Kier alpha value is -1.01. The lowest BCUT2D eigenvalue weighted by Gasteiger charge is -2.39. The first-order valence-corrected chi connectivity index (χ1v) is 6.76. The van der Waals surface area contributed by atoms with Crippen molar-refractivity contribution in [2.45, 2.75) is 32.7 Å². The van der Waals surface area contributed by atoms with Crippen LogP contribution in [0.25, 0.3) is 0 Å². The molecule has 2 rings (SSSR count). The van der Waals surface area contributed by atoms with Crippen molar-refractivity contribution >= 4 is 34.5 Å². The Kier molecular flexibility index (Phi) is 3.44. The average Bonchev–Trinajstić information content (AvgIpc) is 2.59. The van der Waals surface area contributed by atoms with Crippen LogP contribution in [0, 0.1) is 12.3 Å². The summed E-state index contributed by atoms with van der Waals surface area (Å²) in [7, 11) is 0. The summed E-state index contributed by atoms with van der Waals surface area (Å²) in [5, 5.41) is 3.90. The second kappa shape index (κ2) is 4.70. The molecule has 1 aromatic heterocycles. The predicted octanol–water partition coefficient (Wildman–Crippen LogP) is 1.52. The number of nitrogens with two attached hydrogens (primary N) is 1. The molecule has 1 aromatic rings. The van der Waals surface area contributed by atoms with Gasteiger partial charge in [-0.1, -0.05) is 18.6 Å². The standard InChI is InChI=1S/C11H15N3OS2/c1-7-13-5-8(17-7)6-14-10(15)11(9(12)16)3-2-4-11/h5H,2-4,6H2,1H3,(H2,12,16)(H,14,15). The molecule has 0 spiro atoms. The molecule has 0 unspecified atom stereocenters. The average molecular weight is 269 g/mol. The van der Waals surface area contributed by atoms with Gasteiger partial charge in [0.25, 0.3) is 0 Å². The molecule has 6 heteroatoms. The fraction of sp³-hybridized carbons (Fsp3) is 0.545. The topological polar surface area (TPSA) is 68.0 Å². The van der Waals surface area contributed by atoms with Crippen molar-refractivity contribution in [1.29, 1.82) is 0 Å². The summed E-state index contributed by atoms with van der Waals surface area (Å²) in [5.41, 5.74) is 5.08. The molecule has 0 bridgehead atoms. The summed E-state index contributed by atoms with van der Waals surface area (Å²) in [4.78, 5) is 17.6. The molecule has 0 saturated heterocycles. The Morgan fingerprint density at radius 3 is 2.82 bits per heavy atom. The number of nitrogens with zero attached hydrogens (tertiary/aromatic N) is 1. The number of hydrogen-bond acceptors (Lipinski definition) is 4. The van der Waals surface area contributed by atoms with Gasteiger partial charge in [0, 0.05) is 11.1 Å². The molecule has 1 heterocycles. The minimum absolute atomic E-state index is 0.0395. The van der Waals surface area contributed by atoms with Gasteiger partial charge in [0.1, 0.15) is 0 Å². The van der Waals surface area contributed by atoms with Crippen molar-refractivity contribution in [2.75, 3.05) is 0 Å². The molecule has 92 valence electrons. The summed E-state index contributed by atoms with van der Waals surface area (Å²) >= 11 is 6.58. The van der Waals surface area contributed by atoms with E-state index in [0.717, 1.165) is 29.1 Å². The molecule has 1 saturated carbocycles. The molecule has 17 heavy (non-hydrogen) atoms. The largest absolute Gasteiger partial charge is 0.392 e. The highest BCUT2D eigenvalue weighted by molar-refractivity contribution is 7.80. The predicted molar refractivity (Wildman–Crippen MR) is 71.8 cm³/mol. The van der Waals surface area contributed by atoms with Crippen LogP contribution >= 0.6 is 23.6 Å². The first kappa shape index (κ1) is 12.4. The second-order valence-corrected chi connectivity index (χ2v) is 6.09. The monoisotopic (exact) mass is 269 g/mol. The maximum atomic E-state index is 12.1. The van der Waals surface area contributed by atoms with Crippen molar-refractivity contribution in [2.24, 2.45) is 11.1 Å². The van der Waals surface area contributed by atoms with Crippen LogP contribution in [0.2, 0.25) is 0 Å². The van der Waals surface area contributed by atoms with Crippen molar-refractivity contribution in [3.05, 3.63) is 16.1 Å². The molecular formula is C11H15N3OS2. The van der Waals surface area contributed by atoms with Crippen LogP contribution in [0.1, 0.15) is 29.1 Å². The number of rotatable bonds is 4. The molecule has 4 nitrogen and oxygen atoms in total. The molecule has 3 N–H and O–H groups in total. The number of amides is 1. The van der Waals surface area contributed by atoms with E-state index < -0.39 is 5.41 Å². The van der Waals surface area contributed by atoms with E-state index in [-0.39, 0.29) is 5.91 Å². The zero-order valence-electron chi connectivity index (χ0n) is 9.66. The fourth-order valence-corrected chi connectivity index (χ4v) is 2.97. The molecule has 0 aromatic carbocycles. The zero-order valence-corrected chi connectivity index (χ0v) is 11.3. The molecular weight excluding hydrogens is 254 g/mol. The van der Waals surface area contributed by atoms with Gasteiger partial charge in [0.15, 0.2) is 0 Å². The Balaban J connectivity index is 1.95. The minimum Gasteiger partial charge on any atom is -0.392 e. The van der Waals surface area contributed by atoms with Crippen LogP contribution in [0.15, 0.2) is 6.20 Å². The zero-order chi connectivity index (χ0) is 12.5. The molecule has 1 aliphatic rings. The number of hydrogen-bond donors (Lipinski definition) is 2. The van der Waals surface area contributed by atoms with Crippen LogP contribution in [0.4, 0.5) is 0 Å². The van der Waals surface area contributed by atoms with Gasteiger partial charge in [0.05, 0.1) is 22.0 Å². The van der Waals surface area contributed by atoms with Crippen molar-refractivity contribution in [1.82, 2.24) is 10.3 Å². The smallest absolute Gasteiger partial charge is 0.233 e. The number of nitrogens with one attached hydrogen (secondary N) is 1. The lowest BCUT2D eigenvalue weighted by Crippen LogP contribution is -2.52. The summed E-state index contributed by atoms with van der Waals surface area (Å²) in [6.07, 6.45) is 4.35. The van der Waals surface area contributed by atoms with Gasteiger partial charge < -0.3 is 11.1 Å². The highest BCUT2D eigenvalue weighted by Crippen LogP contribution is 2.41. The fourth-order valence-electron chi connectivity index (χ4n) is 1.94. The maximum absolute atomic E-state index is 12.1. The van der Waals surface area contributed by atoms with Crippen LogP contribution in [0.3, 0.4) is 0 Å². The first-order chi connectivity index (χ1) is 8.04. The number of aromatic nitrogens is 1. The Bertz CT molecular complexity index is 451. The normalized spacial score (nSPS) is 17.2. The van der Waals surface area contributed by atoms with E-state index in [2.05, 4.69) is 10.3 Å². The number of aryl methyl sites for hydroxylation is 1. The lowest BCUT2D eigenvalue weighted by atomic mass is 9.68. The molecule has 0 aliphatic heterocycles. The molecule has 1 aliphatic carbocycles. The third-order valence-corrected chi connectivity index (χ3v) is 4.51. The van der Waals surface area contributed by atoms with Gasteiger partial charge in [-0.25, -0.2) is 4.98 Å². The van der Waals surface area contributed by atoms with Gasteiger partial charge in [0.2, 0.25) is 5.91 Å². The van der Waals surface area contributed by atoms with E-state index in [1.807, 2.05) is 6.92 Å². The van der Waals surface area contributed by atoms with Crippen molar-refractivity contribution in [3.8, 4) is 0 Å². The molecule has 1 amide bonds. The van der Waals surface area contributed by atoms with Gasteiger partial charge in [-0.05, 0) is 19.8 Å². The molecule has 0 radical (unpaired) electrons. The third-order valence-electron chi connectivity index (χ3n) is 3.21. The third kappa shape index (κ3) is 2.32. The second-order valence-electron chi connectivity index (χ2n) is 4.33. The maximum Gasteiger partial charge on any atom is 0.233 e. The number of thiocarbonyl (C=S) groups is 1. The van der Waals surface area contributed by atoms with Crippen molar-refractivity contribution < 1.29 is 4.79 Å². The summed E-state index contributed by atoms with van der Waals surface area (Å²) in [6, 6.07) is 0. The summed E-state index contributed by atoms with van der Waals surface area (Å²) in [6.45, 7) is 2.45. The van der Waals surface area contributed by atoms with E-state index in [9.17, 15) is 4.79 Å². The van der Waals surface area contributed by atoms with Gasteiger partial charge in [-0.15, -0.1) is 11.3 Å². The Morgan fingerprint density at radius 2 is 2.41 bits per heavy atom. The highest BCUT2D eigenvalue weighted by atomic mass is 32.1. The number of carbonyl (C=O) groups is 1. The van der Waals surface area contributed by atoms with Crippen LogP contribution < -0.4 is 11.1 Å². The number of carbonyl (C=O) groups excluding carboxylic acids is 1. The van der Waals surface area contributed by atoms with E-state index >= 15 is 0 Å².